The SMILES string of the molecule is CCCCC[C@H]1CN[C@H](C(=O)N[C@@H]([C@H]2O[C@H](SC)[C@H](O)[C@@H](O)[C@H]2O)[C@@H](C)Cl)C1.Cl. The van der Waals surface area contributed by atoms with Gasteiger partial charge in [-0.1, -0.05) is 26.2 Å². The Morgan fingerprint density at radius 2 is 1.97 bits per heavy atom. The minimum atomic E-state index is -1.36. The molecule has 0 aromatic rings. The van der Waals surface area contributed by atoms with E-state index in [0.717, 1.165) is 19.4 Å². The predicted octanol–water partition coefficient (Wildman–Crippen LogP) is 1.25. The number of nitrogens with one attached hydrogen (secondary N) is 2. The van der Waals surface area contributed by atoms with Crippen molar-refractivity contribution in [1.29, 1.82) is 0 Å². The van der Waals surface area contributed by atoms with Crippen molar-refractivity contribution in [2.24, 2.45) is 5.92 Å². The van der Waals surface area contributed by atoms with Gasteiger partial charge in [-0.05, 0) is 38.5 Å². The molecule has 5 N–H and O–H groups in total. The summed E-state index contributed by atoms with van der Waals surface area (Å²) < 4.78 is 5.79. The number of ether oxygens (including phenoxy) is 1. The number of rotatable bonds is 9. The molecule has 0 spiro atoms. The molecule has 10 heteroatoms. The Kier molecular flexibility index (Phi) is 12.1. The maximum absolute atomic E-state index is 12.8. The van der Waals surface area contributed by atoms with E-state index >= 15 is 0 Å². The van der Waals surface area contributed by atoms with Crippen molar-refractivity contribution in [2.75, 3.05) is 12.8 Å². The average molecular weight is 475 g/mol. The van der Waals surface area contributed by atoms with E-state index < -0.39 is 41.3 Å². The number of halogens is 2. The highest BCUT2D eigenvalue weighted by Gasteiger charge is 2.48. The third-order valence-corrected chi connectivity index (χ3v) is 6.88. The molecule has 2 heterocycles. The Hall–Kier alpha value is 0.200. The molecule has 2 aliphatic heterocycles. The van der Waals surface area contributed by atoms with Gasteiger partial charge >= 0.3 is 0 Å². The third kappa shape index (κ3) is 7.10. The summed E-state index contributed by atoms with van der Waals surface area (Å²) >= 11 is 7.54. The molecule has 9 atom stereocenters. The Bertz CT molecular complexity index is 503. The Morgan fingerprint density at radius 3 is 2.55 bits per heavy atom. The molecule has 0 bridgehead atoms. The Balaban J connectivity index is 0.00000420. The highest BCUT2D eigenvalue weighted by atomic mass is 35.5. The Morgan fingerprint density at radius 1 is 1.28 bits per heavy atom. The summed E-state index contributed by atoms with van der Waals surface area (Å²) in [6, 6.07) is -0.987. The van der Waals surface area contributed by atoms with E-state index in [-0.39, 0.29) is 24.4 Å². The van der Waals surface area contributed by atoms with Crippen LogP contribution in [0.5, 0.6) is 0 Å². The molecule has 0 radical (unpaired) electrons. The van der Waals surface area contributed by atoms with Crippen molar-refractivity contribution in [3.63, 3.8) is 0 Å². The molecule has 0 aromatic heterocycles. The first-order chi connectivity index (χ1) is 13.3. The van der Waals surface area contributed by atoms with Gasteiger partial charge in [0.2, 0.25) is 5.91 Å². The number of alkyl halides is 1. The standard InChI is InChI=1S/C19H35ClN2O5S.ClH/c1-4-5-6-7-11-8-12(21-9-11)18(26)22-13(10(2)20)17-15(24)14(23)16(25)19(27-17)28-3;/h10-17,19,21,23-25H,4-9H2,1-3H3,(H,22,26);1H/t10-,11-,12+,13-,14+,15-,16-,17-,19-;/m1./s1. The van der Waals surface area contributed by atoms with Crippen LogP contribution in [0.25, 0.3) is 0 Å². The molecular weight excluding hydrogens is 439 g/mol. The number of aliphatic hydroxyl groups is 3. The van der Waals surface area contributed by atoms with Gasteiger partial charge < -0.3 is 30.7 Å². The second-order valence-electron chi connectivity index (χ2n) is 7.95. The Labute approximate surface area is 189 Å². The smallest absolute Gasteiger partial charge is 0.237 e. The zero-order valence-corrected chi connectivity index (χ0v) is 19.7. The van der Waals surface area contributed by atoms with Crippen molar-refractivity contribution in [2.45, 2.75) is 93.3 Å². The molecule has 2 aliphatic rings. The van der Waals surface area contributed by atoms with E-state index in [1.807, 2.05) is 0 Å². The van der Waals surface area contributed by atoms with Gasteiger partial charge in [0.15, 0.2) is 0 Å². The molecule has 2 fully saturated rings. The number of carbonyl (C=O) groups is 1. The summed E-state index contributed by atoms with van der Waals surface area (Å²) in [7, 11) is 0. The molecule has 0 unspecified atom stereocenters. The van der Waals surface area contributed by atoms with Gasteiger partial charge in [0.05, 0.1) is 17.5 Å². The molecule has 2 rings (SSSR count). The van der Waals surface area contributed by atoms with Crippen molar-refractivity contribution in [3.8, 4) is 0 Å². The molecule has 1 amide bonds. The summed E-state index contributed by atoms with van der Waals surface area (Å²) in [5, 5.41) is 36.3. The van der Waals surface area contributed by atoms with E-state index in [4.69, 9.17) is 16.3 Å². The lowest BCUT2D eigenvalue weighted by atomic mass is 9.92. The molecule has 7 nitrogen and oxygen atoms in total. The van der Waals surface area contributed by atoms with Gasteiger partial charge in [-0.15, -0.1) is 35.8 Å². The van der Waals surface area contributed by atoms with Crippen LogP contribution >= 0.6 is 35.8 Å². The molecule has 0 saturated carbocycles. The van der Waals surface area contributed by atoms with E-state index in [2.05, 4.69) is 17.6 Å². The first-order valence-electron chi connectivity index (χ1n) is 10.2. The van der Waals surface area contributed by atoms with E-state index in [0.29, 0.717) is 5.92 Å². The summed E-state index contributed by atoms with van der Waals surface area (Å²) in [4.78, 5) is 12.8. The van der Waals surface area contributed by atoms with Gasteiger partial charge in [-0.3, -0.25) is 4.79 Å². The van der Waals surface area contributed by atoms with Gasteiger partial charge in [0, 0.05) is 0 Å². The van der Waals surface area contributed by atoms with Gasteiger partial charge in [-0.2, -0.15) is 0 Å². The van der Waals surface area contributed by atoms with Crippen LogP contribution in [0.15, 0.2) is 0 Å². The quantitative estimate of drug-likeness (QED) is 0.252. The van der Waals surface area contributed by atoms with Gasteiger partial charge in [-0.25, -0.2) is 0 Å². The lowest BCUT2D eigenvalue weighted by Gasteiger charge is -2.44. The van der Waals surface area contributed by atoms with Gasteiger partial charge in [0.25, 0.3) is 0 Å². The highest BCUT2D eigenvalue weighted by molar-refractivity contribution is 7.99. The largest absolute Gasteiger partial charge is 0.388 e. The fourth-order valence-electron chi connectivity index (χ4n) is 4.00. The normalized spacial score (nSPS) is 36.9. The monoisotopic (exact) mass is 474 g/mol. The topological polar surface area (TPSA) is 111 Å². The van der Waals surface area contributed by atoms with Crippen molar-refractivity contribution in [3.05, 3.63) is 0 Å². The van der Waals surface area contributed by atoms with E-state index in [1.165, 1.54) is 31.0 Å². The molecule has 172 valence electrons. The maximum atomic E-state index is 12.8. The predicted molar refractivity (Wildman–Crippen MR) is 119 cm³/mol. The number of thioether (sulfide) groups is 1. The number of hydrogen-bond acceptors (Lipinski definition) is 7. The first kappa shape index (κ1) is 27.2. The summed E-state index contributed by atoms with van der Waals surface area (Å²) in [5.41, 5.74) is -0.703. The summed E-state index contributed by atoms with van der Waals surface area (Å²) in [6.45, 7) is 4.71. The van der Waals surface area contributed by atoms with Crippen molar-refractivity contribution >= 4 is 41.7 Å². The fraction of sp³-hybridized carbons (Fsp3) is 0.947. The lowest BCUT2D eigenvalue weighted by Crippen LogP contribution is -2.65. The minimum absolute atomic E-state index is 0. The zero-order valence-electron chi connectivity index (χ0n) is 17.3. The van der Waals surface area contributed by atoms with Crippen molar-refractivity contribution < 1.29 is 24.9 Å². The van der Waals surface area contributed by atoms with Crippen LogP contribution in [0.1, 0.15) is 46.0 Å². The highest BCUT2D eigenvalue weighted by Crippen LogP contribution is 2.30. The van der Waals surface area contributed by atoms with Crippen molar-refractivity contribution in [1.82, 2.24) is 10.6 Å². The van der Waals surface area contributed by atoms with Crippen LogP contribution < -0.4 is 10.6 Å². The molecule has 0 aliphatic carbocycles. The second kappa shape index (κ2) is 12.9. The molecular formula is C19H36Cl2N2O5S. The number of aliphatic hydroxyl groups excluding tert-OH is 3. The molecule has 29 heavy (non-hydrogen) atoms. The van der Waals surface area contributed by atoms with Crippen LogP contribution in [0, 0.1) is 5.92 Å². The number of carbonyl (C=O) groups excluding carboxylic acids is 1. The zero-order chi connectivity index (χ0) is 20.8. The fourth-order valence-corrected chi connectivity index (χ4v) is 4.89. The third-order valence-electron chi connectivity index (χ3n) is 5.75. The summed E-state index contributed by atoms with van der Waals surface area (Å²) in [6.07, 6.45) is 2.39. The minimum Gasteiger partial charge on any atom is -0.388 e. The van der Waals surface area contributed by atoms with Crippen LogP contribution in [-0.2, 0) is 9.53 Å². The van der Waals surface area contributed by atoms with E-state index in [1.54, 1.807) is 13.2 Å². The van der Waals surface area contributed by atoms with Crippen LogP contribution in [-0.4, -0.2) is 81.3 Å². The van der Waals surface area contributed by atoms with Crippen LogP contribution in [0.2, 0.25) is 0 Å². The molecule has 2 saturated heterocycles. The maximum Gasteiger partial charge on any atom is 0.237 e. The number of unbranched alkanes of at least 4 members (excludes halogenated alkanes) is 2. The molecule has 0 aromatic carbocycles. The lowest BCUT2D eigenvalue weighted by molar-refractivity contribution is -0.205. The van der Waals surface area contributed by atoms with Gasteiger partial charge in [0.1, 0.15) is 29.9 Å². The second-order valence-corrected chi connectivity index (χ2v) is 9.57. The van der Waals surface area contributed by atoms with Crippen LogP contribution in [0.3, 0.4) is 0 Å². The average Bonchev–Trinajstić information content (AvgIpc) is 3.14. The van der Waals surface area contributed by atoms with E-state index in [9.17, 15) is 20.1 Å². The first-order valence-corrected chi connectivity index (χ1v) is 11.9. The number of amides is 1. The summed E-state index contributed by atoms with van der Waals surface area (Å²) in [5.74, 6) is 0.316. The number of hydrogen-bond donors (Lipinski definition) is 5. The van der Waals surface area contributed by atoms with Crippen LogP contribution in [0.4, 0.5) is 0 Å².